The monoisotopic (exact) mass is 369 g/mol. The molecule has 1 saturated heterocycles. The lowest BCUT2D eigenvalue weighted by Gasteiger charge is -2.39. The van der Waals surface area contributed by atoms with E-state index in [1.165, 1.54) is 51.4 Å². The predicted octanol–water partition coefficient (Wildman–Crippen LogP) is 4.43. The number of hydrogen-bond acceptors (Lipinski definition) is 4. The van der Waals surface area contributed by atoms with Crippen molar-refractivity contribution in [2.75, 3.05) is 7.11 Å². The number of methoxy groups -OCH3 is 1. The highest BCUT2D eigenvalue weighted by Crippen LogP contribution is 2.45. The molecule has 25 heavy (non-hydrogen) atoms. The van der Waals surface area contributed by atoms with E-state index >= 15 is 0 Å². The second kappa shape index (κ2) is 8.95. The summed E-state index contributed by atoms with van der Waals surface area (Å²) < 4.78 is 5.68. The molecule has 146 valence electrons. The number of aliphatic hydroxyl groups excluding tert-OH is 1. The summed E-state index contributed by atoms with van der Waals surface area (Å²) in [6.07, 6.45) is 9.77. The van der Waals surface area contributed by atoms with Gasteiger partial charge in [0.1, 0.15) is 12.3 Å². The molecular formula is C21H39NO2S. The third kappa shape index (κ3) is 4.56. The zero-order valence-electron chi connectivity index (χ0n) is 16.6. The van der Waals surface area contributed by atoms with Gasteiger partial charge >= 0.3 is 0 Å². The minimum atomic E-state index is -0.388. The van der Waals surface area contributed by atoms with Crippen LogP contribution in [0.1, 0.15) is 72.1 Å². The van der Waals surface area contributed by atoms with Gasteiger partial charge in [-0.3, -0.25) is 5.32 Å². The zero-order chi connectivity index (χ0) is 18.0. The van der Waals surface area contributed by atoms with Crippen LogP contribution < -0.4 is 5.32 Å². The molecule has 0 aromatic carbocycles. The maximum Gasteiger partial charge on any atom is 0.135 e. The predicted molar refractivity (Wildman–Crippen MR) is 107 cm³/mol. The van der Waals surface area contributed by atoms with Crippen molar-refractivity contribution in [2.45, 2.75) is 101 Å². The molecule has 5 unspecified atom stereocenters. The van der Waals surface area contributed by atoms with Crippen molar-refractivity contribution in [3.63, 3.8) is 0 Å². The van der Waals surface area contributed by atoms with Crippen LogP contribution in [0.3, 0.4) is 0 Å². The van der Waals surface area contributed by atoms with E-state index < -0.39 is 0 Å². The Morgan fingerprint density at radius 1 is 1.16 bits per heavy atom. The normalized spacial score (nSPS) is 46.9. The first-order chi connectivity index (χ1) is 12.0. The van der Waals surface area contributed by atoms with Crippen molar-refractivity contribution in [3.8, 4) is 0 Å². The number of fused-ring (bicyclic) bond motifs is 1. The first-order valence-electron chi connectivity index (χ1n) is 10.7. The summed E-state index contributed by atoms with van der Waals surface area (Å²) in [6.45, 7) is 7.12. The molecule has 0 aromatic heterocycles. The molecule has 0 aromatic rings. The smallest absolute Gasteiger partial charge is 0.135 e. The number of aliphatic hydroxyl groups is 1. The van der Waals surface area contributed by atoms with Crippen molar-refractivity contribution in [1.82, 2.24) is 5.32 Å². The van der Waals surface area contributed by atoms with Gasteiger partial charge in [0.25, 0.3) is 0 Å². The van der Waals surface area contributed by atoms with Crippen LogP contribution in [0.4, 0.5) is 0 Å². The molecule has 3 fully saturated rings. The molecule has 0 amide bonds. The fraction of sp³-hybridized carbons (Fsp3) is 1.00. The van der Waals surface area contributed by atoms with Gasteiger partial charge in [-0.15, -0.1) is 0 Å². The Balaban J connectivity index is 1.68. The maximum absolute atomic E-state index is 11.1. The Morgan fingerprint density at radius 2 is 1.88 bits per heavy atom. The lowest BCUT2D eigenvalue weighted by atomic mass is 9.74. The van der Waals surface area contributed by atoms with Gasteiger partial charge in [0.15, 0.2) is 0 Å². The second-order valence-electron chi connectivity index (χ2n) is 9.04. The van der Waals surface area contributed by atoms with E-state index in [0.717, 1.165) is 17.8 Å². The molecule has 4 heteroatoms. The van der Waals surface area contributed by atoms with Crippen LogP contribution in [0, 0.1) is 23.7 Å². The van der Waals surface area contributed by atoms with Crippen molar-refractivity contribution in [1.29, 1.82) is 0 Å². The van der Waals surface area contributed by atoms with Gasteiger partial charge in [-0.05, 0) is 68.6 Å². The number of nitrogens with one attached hydrogen (secondary N) is 1. The van der Waals surface area contributed by atoms with Gasteiger partial charge in [-0.1, -0.05) is 27.2 Å². The molecule has 0 radical (unpaired) electrons. The SMILES string of the molecule is CC[C@H](C)C1CCC([C@@H]2SC3CC(C)CCC3NC(OC)C2O)CC1. The molecule has 3 nitrogen and oxygen atoms in total. The average Bonchev–Trinajstić information content (AvgIpc) is 2.77. The van der Waals surface area contributed by atoms with Crippen LogP contribution in [0.25, 0.3) is 0 Å². The number of hydrogen-bond donors (Lipinski definition) is 2. The molecule has 0 bridgehead atoms. The fourth-order valence-electron chi connectivity index (χ4n) is 5.41. The van der Waals surface area contributed by atoms with Crippen molar-refractivity contribution in [3.05, 3.63) is 0 Å². The van der Waals surface area contributed by atoms with Gasteiger partial charge in [0, 0.05) is 23.7 Å². The van der Waals surface area contributed by atoms with Crippen LogP contribution in [-0.2, 0) is 4.74 Å². The summed E-state index contributed by atoms with van der Waals surface area (Å²) in [4.78, 5) is 0. The van der Waals surface area contributed by atoms with Crippen LogP contribution in [0.2, 0.25) is 0 Å². The topological polar surface area (TPSA) is 41.5 Å². The summed E-state index contributed by atoms with van der Waals surface area (Å²) in [7, 11) is 1.74. The largest absolute Gasteiger partial charge is 0.388 e. The highest BCUT2D eigenvalue weighted by atomic mass is 32.2. The van der Waals surface area contributed by atoms with Gasteiger partial charge in [0.2, 0.25) is 0 Å². The van der Waals surface area contributed by atoms with Gasteiger partial charge in [0.05, 0.1) is 0 Å². The lowest BCUT2D eigenvalue weighted by molar-refractivity contribution is -0.0456. The molecule has 2 aliphatic carbocycles. The number of thioether (sulfide) groups is 1. The van der Waals surface area contributed by atoms with E-state index in [2.05, 4.69) is 37.8 Å². The Kier molecular flexibility index (Phi) is 7.15. The average molecular weight is 370 g/mol. The summed E-state index contributed by atoms with van der Waals surface area (Å²) in [5.74, 6) is 3.21. The van der Waals surface area contributed by atoms with Gasteiger partial charge in [-0.2, -0.15) is 11.8 Å². The molecule has 3 aliphatic rings. The fourth-order valence-corrected chi connectivity index (χ4v) is 7.45. The number of ether oxygens (including phenoxy) is 1. The summed E-state index contributed by atoms with van der Waals surface area (Å²) in [5, 5.41) is 15.7. The first kappa shape index (κ1) is 20.0. The van der Waals surface area contributed by atoms with Gasteiger partial charge in [-0.25, -0.2) is 0 Å². The highest BCUT2D eigenvalue weighted by molar-refractivity contribution is 8.00. The van der Waals surface area contributed by atoms with E-state index in [0.29, 0.717) is 22.5 Å². The molecule has 2 saturated carbocycles. The standard InChI is InChI=1S/C21H39NO2S/c1-5-14(3)15-7-9-16(10-8-15)20-19(23)21(24-4)22-17-11-6-13(2)12-18(17)25-20/h13-23H,5-12H2,1-4H3/t13?,14-,15?,16?,17?,18?,19?,20-,21?/m0/s1. The van der Waals surface area contributed by atoms with E-state index in [4.69, 9.17) is 4.74 Å². The molecule has 2 N–H and O–H groups in total. The highest BCUT2D eigenvalue weighted by Gasteiger charge is 2.44. The summed E-state index contributed by atoms with van der Waals surface area (Å²) in [5.41, 5.74) is 0. The van der Waals surface area contributed by atoms with Crippen LogP contribution in [0.15, 0.2) is 0 Å². The minimum absolute atomic E-state index is 0.201. The van der Waals surface area contributed by atoms with Crippen LogP contribution >= 0.6 is 11.8 Å². The van der Waals surface area contributed by atoms with Crippen LogP contribution in [-0.4, -0.2) is 41.1 Å². The first-order valence-corrected chi connectivity index (χ1v) is 11.6. The Bertz CT molecular complexity index is 413. The summed E-state index contributed by atoms with van der Waals surface area (Å²) in [6, 6.07) is 0.502. The molecule has 3 rings (SSSR count). The van der Waals surface area contributed by atoms with Crippen molar-refractivity contribution >= 4 is 11.8 Å². The molecule has 0 spiro atoms. The maximum atomic E-state index is 11.1. The summed E-state index contributed by atoms with van der Waals surface area (Å²) >= 11 is 2.10. The quantitative estimate of drug-likeness (QED) is 0.769. The van der Waals surface area contributed by atoms with E-state index in [1.807, 2.05) is 0 Å². The third-order valence-corrected chi connectivity index (χ3v) is 9.24. The lowest BCUT2D eigenvalue weighted by Crippen LogP contribution is -2.51. The second-order valence-corrected chi connectivity index (χ2v) is 10.5. The van der Waals surface area contributed by atoms with E-state index in [1.54, 1.807) is 7.11 Å². The van der Waals surface area contributed by atoms with Crippen LogP contribution in [0.5, 0.6) is 0 Å². The molecular weight excluding hydrogens is 330 g/mol. The minimum Gasteiger partial charge on any atom is -0.388 e. The Morgan fingerprint density at radius 3 is 2.52 bits per heavy atom. The Hall–Kier alpha value is 0.230. The van der Waals surface area contributed by atoms with Crippen molar-refractivity contribution in [2.24, 2.45) is 23.7 Å². The number of rotatable bonds is 4. The molecule has 1 heterocycles. The van der Waals surface area contributed by atoms with E-state index in [-0.39, 0.29) is 12.3 Å². The van der Waals surface area contributed by atoms with Gasteiger partial charge < -0.3 is 9.84 Å². The third-order valence-electron chi connectivity index (χ3n) is 7.39. The zero-order valence-corrected chi connectivity index (χ0v) is 17.4. The van der Waals surface area contributed by atoms with E-state index in [9.17, 15) is 5.11 Å². The molecule has 1 aliphatic heterocycles. The Labute approximate surface area is 159 Å². The van der Waals surface area contributed by atoms with Crippen molar-refractivity contribution < 1.29 is 9.84 Å². The molecule has 7 atom stereocenters.